The van der Waals surface area contributed by atoms with Gasteiger partial charge in [0.05, 0.1) is 5.00 Å². The van der Waals surface area contributed by atoms with Gasteiger partial charge in [-0.25, -0.2) is 17.8 Å². The van der Waals surface area contributed by atoms with Crippen LogP contribution in [0.3, 0.4) is 0 Å². The van der Waals surface area contributed by atoms with Crippen molar-refractivity contribution in [1.82, 2.24) is 4.98 Å². The number of aryl methyl sites for hydroxylation is 1. The van der Waals surface area contributed by atoms with E-state index in [9.17, 15) is 17.2 Å². The van der Waals surface area contributed by atoms with Gasteiger partial charge in [0.15, 0.2) is 0 Å². The van der Waals surface area contributed by atoms with Crippen molar-refractivity contribution < 1.29 is 17.2 Å². The van der Waals surface area contributed by atoms with Gasteiger partial charge in [0, 0.05) is 16.6 Å². The number of hydrogen-bond acceptors (Lipinski definition) is 5. The van der Waals surface area contributed by atoms with E-state index in [2.05, 4.69) is 31.0 Å². The largest absolute Gasteiger partial charge is 0.372 e. The number of anilines is 2. The Hall–Kier alpha value is -2.04. The van der Waals surface area contributed by atoms with Crippen molar-refractivity contribution >= 4 is 48.1 Å². The van der Waals surface area contributed by atoms with E-state index in [1.165, 1.54) is 24.3 Å². The predicted octanol–water partition coefficient (Wildman–Crippen LogP) is 4.91. The second-order valence-electron chi connectivity index (χ2n) is 5.58. The molecule has 0 aliphatic heterocycles. The number of aromatic nitrogens is 1. The molecule has 27 heavy (non-hydrogen) atoms. The van der Waals surface area contributed by atoms with Gasteiger partial charge in [0.1, 0.15) is 15.8 Å². The summed E-state index contributed by atoms with van der Waals surface area (Å²) in [6.45, 7) is 1.93. The molecule has 10 heteroatoms. The highest BCUT2D eigenvalue weighted by Gasteiger charge is 2.20. The molecular formula is C17H14BrF2N3O2S2. The van der Waals surface area contributed by atoms with Gasteiger partial charge in [0.2, 0.25) is 5.95 Å². The SMILES string of the molecule is Cc1cc(S(=O)(=O)Nc2cccc(F)n2)sc1NCc1c(F)cccc1Br. The van der Waals surface area contributed by atoms with Crippen molar-refractivity contribution in [2.45, 2.75) is 17.7 Å². The van der Waals surface area contributed by atoms with Crippen molar-refractivity contribution in [1.29, 1.82) is 0 Å². The van der Waals surface area contributed by atoms with Crippen LogP contribution in [0.5, 0.6) is 0 Å². The first-order chi connectivity index (χ1) is 12.8. The quantitative estimate of drug-likeness (QED) is 0.499. The molecule has 0 fully saturated rings. The van der Waals surface area contributed by atoms with E-state index >= 15 is 0 Å². The summed E-state index contributed by atoms with van der Waals surface area (Å²) >= 11 is 4.30. The molecule has 0 spiro atoms. The third-order valence-electron chi connectivity index (χ3n) is 3.60. The summed E-state index contributed by atoms with van der Waals surface area (Å²) in [6.07, 6.45) is 0. The average molecular weight is 474 g/mol. The zero-order chi connectivity index (χ0) is 19.6. The van der Waals surface area contributed by atoms with Crippen LogP contribution in [0.15, 0.2) is 51.1 Å². The zero-order valence-electron chi connectivity index (χ0n) is 14.0. The molecular weight excluding hydrogens is 460 g/mol. The Labute approximate surface area is 167 Å². The van der Waals surface area contributed by atoms with Gasteiger partial charge in [-0.15, -0.1) is 11.3 Å². The molecule has 2 heterocycles. The van der Waals surface area contributed by atoms with Crippen LogP contribution >= 0.6 is 27.3 Å². The third-order valence-corrected chi connectivity index (χ3v) is 7.37. The Morgan fingerprint density at radius 3 is 2.63 bits per heavy atom. The summed E-state index contributed by atoms with van der Waals surface area (Å²) in [7, 11) is -3.92. The van der Waals surface area contributed by atoms with Gasteiger partial charge in [0.25, 0.3) is 10.0 Å². The normalized spacial score (nSPS) is 11.4. The molecule has 0 aliphatic carbocycles. The standard InChI is InChI=1S/C17H14BrF2N3O2S2/c1-10-8-16(27(24,25)23-15-7-3-6-14(20)22-15)26-17(10)21-9-11-12(18)4-2-5-13(11)19/h2-8,21H,9H2,1H3,(H,22,23). The van der Waals surface area contributed by atoms with E-state index < -0.39 is 16.0 Å². The highest BCUT2D eigenvalue weighted by atomic mass is 79.9. The van der Waals surface area contributed by atoms with Crippen molar-refractivity contribution in [3.63, 3.8) is 0 Å². The van der Waals surface area contributed by atoms with E-state index in [4.69, 9.17) is 0 Å². The third kappa shape index (κ3) is 4.63. The number of sulfonamides is 1. The Bertz CT molecular complexity index is 1070. The lowest BCUT2D eigenvalue weighted by molar-refractivity contribution is 0.584. The van der Waals surface area contributed by atoms with Gasteiger partial charge < -0.3 is 5.32 Å². The first-order valence-corrected chi connectivity index (χ1v) is 10.8. The van der Waals surface area contributed by atoms with Crippen molar-refractivity contribution in [2.75, 3.05) is 10.0 Å². The number of nitrogens with one attached hydrogen (secondary N) is 2. The fourth-order valence-corrected chi connectivity index (χ4v) is 5.20. The molecule has 0 atom stereocenters. The number of benzene rings is 1. The minimum Gasteiger partial charge on any atom is -0.372 e. The van der Waals surface area contributed by atoms with Crippen LogP contribution < -0.4 is 10.0 Å². The predicted molar refractivity (Wildman–Crippen MR) is 105 cm³/mol. The maximum absolute atomic E-state index is 13.9. The Balaban J connectivity index is 1.79. The van der Waals surface area contributed by atoms with Crippen LogP contribution in [-0.4, -0.2) is 13.4 Å². The van der Waals surface area contributed by atoms with E-state index in [0.717, 1.165) is 17.4 Å². The number of nitrogens with zero attached hydrogens (tertiary/aromatic N) is 1. The Kier molecular flexibility index (Phi) is 5.78. The van der Waals surface area contributed by atoms with E-state index in [-0.39, 0.29) is 22.4 Å². The molecule has 0 amide bonds. The molecule has 3 rings (SSSR count). The number of halogens is 3. The molecule has 2 aromatic heterocycles. The molecule has 0 saturated heterocycles. The lowest BCUT2D eigenvalue weighted by Crippen LogP contribution is -2.12. The van der Waals surface area contributed by atoms with Crippen LogP contribution in [0.1, 0.15) is 11.1 Å². The fraction of sp³-hybridized carbons (Fsp3) is 0.118. The van der Waals surface area contributed by atoms with Crippen LogP contribution in [0.4, 0.5) is 19.6 Å². The molecule has 3 aromatic rings. The maximum Gasteiger partial charge on any atom is 0.272 e. The summed E-state index contributed by atoms with van der Waals surface area (Å²) in [4.78, 5) is 3.49. The highest BCUT2D eigenvalue weighted by Crippen LogP contribution is 2.32. The second-order valence-corrected chi connectivity index (χ2v) is 9.40. The van der Waals surface area contributed by atoms with Crippen LogP contribution in [0, 0.1) is 18.7 Å². The fourth-order valence-electron chi connectivity index (χ4n) is 2.28. The van der Waals surface area contributed by atoms with Crippen LogP contribution in [-0.2, 0) is 16.6 Å². The highest BCUT2D eigenvalue weighted by molar-refractivity contribution is 9.10. The van der Waals surface area contributed by atoms with Crippen molar-refractivity contribution in [3.05, 3.63) is 69.8 Å². The minimum absolute atomic E-state index is 0.0427. The minimum atomic E-state index is -3.92. The smallest absolute Gasteiger partial charge is 0.272 e. The van der Waals surface area contributed by atoms with Gasteiger partial charge >= 0.3 is 0 Å². The molecule has 0 unspecified atom stereocenters. The molecule has 5 nitrogen and oxygen atoms in total. The van der Waals surface area contributed by atoms with E-state index in [0.29, 0.717) is 20.6 Å². The van der Waals surface area contributed by atoms with Gasteiger partial charge in [-0.1, -0.05) is 28.1 Å². The zero-order valence-corrected chi connectivity index (χ0v) is 17.2. The van der Waals surface area contributed by atoms with Gasteiger partial charge in [-0.05, 0) is 42.8 Å². The summed E-state index contributed by atoms with van der Waals surface area (Å²) in [6, 6.07) is 10.0. The van der Waals surface area contributed by atoms with Gasteiger partial charge in [-0.3, -0.25) is 4.72 Å². The molecule has 0 saturated carbocycles. The second kappa shape index (κ2) is 7.91. The molecule has 2 N–H and O–H groups in total. The molecule has 0 aliphatic rings. The summed E-state index contributed by atoms with van der Waals surface area (Å²) < 4.78 is 55.0. The maximum atomic E-state index is 13.9. The van der Waals surface area contributed by atoms with Crippen molar-refractivity contribution in [2.24, 2.45) is 0 Å². The Morgan fingerprint density at radius 2 is 1.93 bits per heavy atom. The van der Waals surface area contributed by atoms with Crippen LogP contribution in [0.25, 0.3) is 0 Å². The number of hydrogen-bond donors (Lipinski definition) is 2. The Morgan fingerprint density at radius 1 is 1.19 bits per heavy atom. The van der Waals surface area contributed by atoms with E-state index in [1.54, 1.807) is 19.1 Å². The molecule has 0 radical (unpaired) electrons. The lowest BCUT2D eigenvalue weighted by atomic mass is 10.2. The van der Waals surface area contributed by atoms with E-state index in [1.807, 2.05) is 0 Å². The summed E-state index contributed by atoms with van der Waals surface area (Å²) in [5.74, 6) is -1.25. The first kappa shape index (κ1) is 19.7. The number of pyridine rings is 1. The summed E-state index contributed by atoms with van der Waals surface area (Å²) in [5, 5.41) is 3.65. The number of thiophene rings is 1. The lowest BCUT2D eigenvalue weighted by Gasteiger charge is -2.08. The topological polar surface area (TPSA) is 71.1 Å². The molecule has 0 bridgehead atoms. The number of rotatable bonds is 6. The van der Waals surface area contributed by atoms with Crippen molar-refractivity contribution in [3.8, 4) is 0 Å². The molecule has 142 valence electrons. The monoisotopic (exact) mass is 473 g/mol. The van der Waals surface area contributed by atoms with Crippen LogP contribution in [0.2, 0.25) is 0 Å². The summed E-state index contributed by atoms with van der Waals surface area (Å²) in [5.41, 5.74) is 1.14. The average Bonchev–Trinajstić information content (AvgIpc) is 2.96. The van der Waals surface area contributed by atoms with Gasteiger partial charge in [-0.2, -0.15) is 4.39 Å². The molecule has 1 aromatic carbocycles. The first-order valence-electron chi connectivity index (χ1n) is 7.69.